The number of aromatic carboxylic acids is 1. The van der Waals surface area contributed by atoms with Gasteiger partial charge in [-0.2, -0.15) is 0 Å². The molecule has 0 aliphatic heterocycles. The van der Waals surface area contributed by atoms with E-state index in [2.05, 4.69) is 20.8 Å². The number of unbranched alkanes of at least 4 members (excludes halogenated alkanes) is 2. The molecule has 4 heteroatoms. The molecular formula is C17H24O4. The fraction of sp³-hybridized carbons (Fsp3) is 0.529. The quantitative estimate of drug-likeness (QED) is 0.577. The van der Waals surface area contributed by atoms with Crippen LogP contribution in [0.25, 0.3) is 0 Å². The van der Waals surface area contributed by atoms with Crippen molar-refractivity contribution in [3.63, 3.8) is 0 Å². The molecule has 0 aliphatic rings. The molecule has 1 aromatic rings. The molecule has 1 aromatic carbocycles. The Morgan fingerprint density at radius 3 is 2.19 bits per heavy atom. The molecule has 1 N–H and O–H groups in total. The molecular weight excluding hydrogens is 268 g/mol. The van der Waals surface area contributed by atoms with E-state index in [-0.39, 0.29) is 11.0 Å². The molecule has 0 bridgehead atoms. The molecule has 0 unspecified atom stereocenters. The van der Waals surface area contributed by atoms with Gasteiger partial charge < -0.3 is 9.84 Å². The summed E-state index contributed by atoms with van der Waals surface area (Å²) >= 11 is 0. The number of carbonyl (C=O) groups is 2. The average Bonchev–Trinajstić information content (AvgIpc) is 2.45. The number of esters is 1. The van der Waals surface area contributed by atoms with Crippen LogP contribution in [0.4, 0.5) is 0 Å². The first kappa shape index (κ1) is 17.2. The number of benzene rings is 1. The van der Waals surface area contributed by atoms with Crippen molar-refractivity contribution >= 4 is 11.9 Å². The van der Waals surface area contributed by atoms with E-state index in [0.717, 1.165) is 12.8 Å². The highest BCUT2D eigenvalue weighted by Crippen LogP contribution is 2.24. The minimum atomic E-state index is -1.01. The van der Waals surface area contributed by atoms with Gasteiger partial charge in [0.15, 0.2) is 0 Å². The Morgan fingerprint density at radius 1 is 1.10 bits per heavy atom. The molecule has 21 heavy (non-hydrogen) atoms. The molecule has 0 aromatic heterocycles. The topological polar surface area (TPSA) is 63.6 Å². The molecule has 4 nitrogen and oxygen atoms in total. The zero-order valence-electron chi connectivity index (χ0n) is 13.0. The highest BCUT2D eigenvalue weighted by molar-refractivity contribution is 5.92. The van der Waals surface area contributed by atoms with E-state index in [0.29, 0.717) is 12.2 Å². The van der Waals surface area contributed by atoms with Gasteiger partial charge >= 0.3 is 11.9 Å². The Morgan fingerprint density at radius 2 is 1.67 bits per heavy atom. The lowest BCUT2D eigenvalue weighted by atomic mass is 9.88. The van der Waals surface area contributed by atoms with Crippen molar-refractivity contribution in [2.24, 2.45) is 5.41 Å². The molecule has 0 saturated heterocycles. The highest BCUT2D eigenvalue weighted by atomic mass is 16.5. The maximum absolute atomic E-state index is 11.9. The van der Waals surface area contributed by atoms with Gasteiger partial charge in [-0.05, 0) is 36.1 Å². The predicted octanol–water partition coefficient (Wildman–Crippen LogP) is 4.15. The third kappa shape index (κ3) is 5.98. The van der Waals surface area contributed by atoms with E-state index in [9.17, 15) is 9.59 Å². The second-order valence-corrected chi connectivity index (χ2v) is 6.08. The van der Waals surface area contributed by atoms with Gasteiger partial charge in [0.25, 0.3) is 0 Å². The average molecular weight is 292 g/mol. The number of carboxylic acid groups (broad SMARTS) is 1. The van der Waals surface area contributed by atoms with Crippen LogP contribution in [0.1, 0.15) is 67.2 Å². The third-order valence-electron chi connectivity index (χ3n) is 3.42. The number of rotatable bonds is 8. The normalized spacial score (nSPS) is 11.2. The Labute approximate surface area is 126 Å². The standard InChI is InChI=1S/C17H24O4/c1-4-5-6-11-17(2,3)12-21-16(20)14-9-7-13(8-10-14)15(18)19/h7-10H,4-6,11-12H2,1-3H3,(H,18,19). The number of carboxylic acids is 1. The van der Waals surface area contributed by atoms with Crippen molar-refractivity contribution in [1.82, 2.24) is 0 Å². The number of hydrogen-bond acceptors (Lipinski definition) is 3. The fourth-order valence-corrected chi connectivity index (χ4v) is 2.02. The van der Waals surface area contributed by atoms with Gasteiger partial charge in [-0.3, -0.25) is 0 Å². The van der Waals surface area contributed by atoms with Gasteiger partial charge in [0.2, 0.25) is 0 Å². The molecule has 0 atom stereocenters. The summed E-state index contributed by atoms with van der Waals surface area (Å²) in [6, 6.07) is 5.78. The summed E-state index contributed by atoms with van der Waals surface area (Å²) in [5.41, 5.74) is 0.502. The molecule has 1 rings (SSSR count). The zero-order valence-corrected chi connectivity index (χ0v) is 13.0. The van der Waals surface area contributed by atoms with Gasteiger partial charge in [0.1, 0.15) is 0 Å². The van der Waals surface area contributed by atoms with Crippen LogP contribution in [-0.4, -0.2) is 23.7 Å². The summed E-state index contributed by atoms with van der Waals surface area (Å²) in [5.74, 6) is -1.41. The number of ether oxygens (including phenoxy) is 1. The first-order valence-corrected chi connectivity index (χ1v) is 7.36. The van der Waals surface area contributed by atoms with E-state index in [4.69, 9.17) is 9.84 Å². The lowest BCUT2D eigenvalue weighted by Crippen LogP contribution is -2.22. The first-order chi connectivity index (χ1) is 9.85. The Bertz CT molecular complexity index is 474. The van der Waals surface area contributed by atoms with E-state index in [1.54, 1.807) is 0 Å². The SMILES string of the molecule is CCCCCC(C)(C)COC(=O)c1ccc(C(=O)O)cc1. The molecule has 0 fully saturated rings. The van der Waals surface area contributed by atoms with Crippen LogP contribution in [0.2, 0.25) is 0 Å². The van der Waals surface area contributed by atoms with Gasteiger partial charge in [0, 0.05) is 0 Å². The van der Waals surface area contributed by atoms with Crippen LogP contribution in [0.15, 0.2) is 24.3 Å². The molecule has 0 spiro atoms. The second kappa shape index (κ2) is 7.81. The molecule has 0 saturated carbocycles. The van der Waals surface area contributed by atoms with Crippen molar-refractivity contribution in [3.05, 3.63) is 35.4 Å². The lowest BCUT2D eigenvalue weighted by molar-refractivity contribution is 0.0323. The van der Waals surface area contributed by atoms with Crippen LogP contribution in [0.5, 0.6) is 0 Å². The zero-order chi connectivity index (χ0) is 15.9. The van der Waals surface area contributed by atoms with Gasteiger partial charge in [-0.25, -0.2) is 9.59 Å². The van der Waals surface area contributed by atoms with Gasteiger partial charge in [0.05, 0.1) is 17.7 Å². The van der Waals surface area contributed by atoms with E-state index in [1.807, 2.05) is 0 Å². The maximum Gasteiger partial charge on any atom is 0.338 e. The van der Waals surface area contributed by atoms with Crippen LogP contribution in [-0.2, 0) is 4.74 Å². The van der Waals surface area contributed by atoms with E-state index in [1.165, 1.54) is 37.1 Å². The molecule has 0 amide bonds. The Hall–Kier alpha value is -1.84. The molecule has 0 aliphatic carbocycles. The van der Waals surface area contributed by atoms with Crippen LogP contribution >= 0.6 is 0 Å². The van der Waals surface area contributed by atoms with E-state index < -0.39 is 11.9 Å². The maximum atomic E-state index is 11.9. The van der Waals surface area contributed by atoms with E-state index >= 15 is 0 Å². The Kier molecular flexibility index (Phi) is 6.40. The minimum absolute atomic E-state index is 0.0359. The van der Waals surface area contributed by atoms with Crippen molar-refractivity contribution in [3.8, 4) is 0 Å². The minimum Gasteiger partial charge on any atom is -0.478 e. The van der Waals surface area contributed by atoms with Crippen LogP contribution < -0.4 is 0 Å². The third-order valence-corrected chi connectivity index (χ3v) is 3.42. The summed E-state index contributed by atoms with van der Waals surface area (Å²) in [5, 5.41) is 8.81. The predicted molar refractivity (Wildman–Crippen MR) is 81.6 cm³/mol. The van der Waals surface area contributed by atoms with Gasteiger partial charge in [-0.15, -0.1) is 0 Å². The van der Waals surface area contributed by atoms with Crippen molar-refractivity contribution < 1.29 is 19.4 Å². The summed E-state index contributed by atoms with van der Waals surface area (Å²) in [7, 11) is 0. The second-order valence-electron chi connectivity index (χ2n) is 6.08. The summed E-state index contributed by atoms with van der Waals surface area (Å²) in [6.45, 7) is 6.71. The highest BCUT2D eigenvalue weighted by Gasteiger charge is 2.20. The van der Waals surface area contributed by atoms with Crippen LogP contribution in [0, 0.1) is 5.41 Å². The summed E-state index contributed by atoms with van der Waals surface area (Å²) < 4.78 is 5.34. The first-order valence-electron chi connectivity index (χ1n) is 7.36. The number of hydrogen-bond donors (Lipinski definition) is 1. The fourth-order valence-electron chi connectivity index (χ4n) is 2.02. The van der Waals surface area contributed by atoms with Crippen molar-refractivity contribution in [2.45, 2.75) is 46.5 Å². The summed E-state index contributed by atoms with van der Waals surface area (Å²) in [6.07, 6.45) is 4.51. The summed E-state index contributed by atoms with van der Waals surface area (Å²) in [4.78, 5) is 22.7. The number of carbonyl (C=O) groups excluding carboxylic acids is 1. The van der Waals surface area contributed by atoms with Crippen molar-refractivity contribution in [1.29, 1.82) is 0 Å². The van der Waals surface area contributed by atoms with Crippen LogP contribution in [0.3, 0.4) is 0 Å². The monoisotopic (exact) mass is 292 g/mol. The molecule has 0 heterocycles. The smallest absolute Gasteiger partial charge is 0.338 e. The Balaban J connectivity index is 2.51. The lowest BCUT2D eigenvalue weighted by Gasteiger charge is -2.24. The van der Waals surface area contributed by atoms with Crippen molar-refractivity contribution in [2.75, 3.05) is 6.61 Å². The van der Waals surface area contributed by atoms with Gasteiger partial charge in [-0.1, -0.05) is 40.0 Å². The molecule has 116 valence electrons. The largest absolute Gasteiger partial charge is 0.478 e. The molecule has 0 radical (unpaired) electrons.